The van der Waals surface area contributed by atoms with Gasteiger partial charge >= 0.3 is 5.97 Å². The van der Waals surface area contributed by atoms with Crippen molar-refractivity contribution in [2.75, 3.05) is 5.32 Å². The van der Waals surface area contributed by atoms with E-state index in [1.807, 2.05) is 6.07 Å². The molecule has 0 saturated carbocycles. The van der Waals surface area contributed by atoms with Crippen molar-refractivity contribution >= 4 is 17.6 Å². The Morgan fingerprint density at radius 3 is 2.33 bits per heavy atom. The Balaban J connectivity index is 1.93. The number of carbonyl (C=O) groups is 2. The maximum atomic E-state index is 12.0. The molecule has 24 heavy (non-hydrogen) atoms. The Bertz CT molecular complexity index is 751. The summed E-state index contributed by atoms with van der Waals surface area (Å²) >= 11 is 0. The van der Waals surface area contributed by atoms with E-state index < -0.39 is 24.1 Å². The first-order valence-corrected chi connectivity index (χ1v) is 7.26. The van der Waals surface area contributed by atoms with E-state index in [1.165, 1.54) is 6.92 Å². The van der Waals surface area contributed by atoms with Crippen LogP contribution < -0.4 is 5.32 Å². The average molecular weight is 324 g/mol. The van der Waals surface area contributed by atoms with Crippen LogP contribution in [0.5, 0.6) is 0 Å². The number of benzene rings is 2. The Labute approximate surface area is 139 Å². The van der Waals surface area contributed by atoms with Crippen LogP contribution in [-0.2, 0) is 14.3 Å². The van der Waals surface area contributed by atoms with Gasteiger partial charge in [-0.15, -0.1) is 0 Å². The highest BCUT2D eigenvalue weighted by Gasteiger charge is 2.24. The number of aliphatic hydroxyl groups is 1. The third-order valence-corrected chi connectivity index (χ3v) is 3.28. The molecule has 0 bridgehead atoms. The quantitative estimate of drug-likeness (QED) is 0.821. The number of aliphatic hydroxyl groups excluding tert-OH is 1. The summed E-state index contributed by atoms with van der Waals surface area (Å²) in [5.41, 5.74) is 1.34. The molecule has 2 N–H and O–H groups in total. The molecular formula is C18H16N2O4. The second kappa shape index (κ2) is 7.90. The van der Waals surface area contributed by atoms with Gasteiger partial charge in [-0.3, -0.25) is 4.79 Å². The molecule has 2 aromatic rings. The smallest absolute Gasteiger partial charge is 0.340 e. The fourth-order valence-corrected chi connectivity index (χ4v) is 1.94. The summed E-state index contributed by atoms with van der Waals surface area (Å²) in [4.78, 5) is 23.9. The second-order valence-corrected chi connectivity index (χ2v) is 5.07. The largest absolute Gasteiger partial charge is 0.450 e. The molecule has 0 aromatic heterocycles. The van der Waals surface area contributed by atoms with Crippen LogP contribution >= 0.6 is 0 Å². The highest BCUT2D eigenvalue weighted by molar-refractivity contribution is 5.95. The fraction of sp³-hybridized carbons (Fsp3) is 0.167. The van der Waals surface area contributed by atoms with Crippen molar-refractivity contribution in [3.8, 4) is 6.07 Å². The van der Waals surface area contributed by atoms with Gasteiger partial charge < -0.3 is 15.2 Å². The minimum Gasteiger partial charge on any atom is -0.450 e. The molecule has 1 amide bonds. The van der Waals surface area contributed by atoms with Crippen LogP contribution in [0.25, 0.3) is 0 Å². The lowest BCUT2D eigenvalue weighted by Gasteiger charge is -2.16. The molecule has 0 radical (unpaired) electrons. The van der Waals surface area contributed by atoms with E-state index in [4.69, 9.17) is 10.00 Å². The summed E-state index contributed by atoms with van der Waals surface area (Å²) in [5, 5.41) is 21.2. The van der Waals surface area contributed by atoms with Crippen LogP contribution in [0.1, 0.15) is 24.2 Å². The Hall–Kier alpha value is -3.17. The van der Waals surface area contributed by atoms with Gasteiger partial charge in [0, 0.05) is 5.69 Å². The van der Waals surface area contributed by atoms with Gasteiger partial charge in [-0.05, 0) is 36.8 Å². The molecule has 2 aromatic carbocycles. The first kappa shape index (κ1) is 17.2. The zero-order valence-corrected chi connectivity index (χ0v) is 13.0. The molecular weight excluding hydrogens is 308 g/mol. The van der Waals surface area contributed by atoms with Crippen LogP contribution in [0.2, 0.25) is 0 Å². The number of amides is 1. The summed E-state index contributed by atoms with van der Waals surface area (Å²) in [6, 6.07) is 16.6. The molecule has 6 nitrogen and oxygen atoms in total. The number of hydrogen-bond acceptors (Lipinski definition) is 5. The SMILES string of the molecule is C[C@@H](OC(=O)[C@H](O)c1ccccc1)C(=O)Nc1ccc(C#N)cc1. The van der Waals surface area contributed by atoms with Gasteiger partial charge in [0.1, 0.15) is 0 Å². The van der Waals surface area contributed by atoms with Crippen LogP contribution in [0.3, 0.4) is 0 Å². The number of ether oxygens (including phenoxy) is 1. The van der Waals surface area contributed by atoms with Crippen molar-refractivity contribution in [1.29, 1.82) is 5.26 Å². The van der Waals surface area contributed by atoms with Gasteiger partial charge in [0.25, 0.3) is 5.91 Å². The zero-order valence-electron chi connectivity index (χ0n) is 13.0. The molecule has 0 spiro atoms. The topological polar surface area (TPSA) is 99.4 Å². The van der Waals surface area contributed by atoms with Gasteiger partial charge in [-0.1, -0.05) is 30.3 Å². The van der Waals surface area contributed by atoms with E-state index >= 15 is 0 Å². The summed E-state index contributed by atoms with van der Waals surface area (Å²) in [5.74, 6) is -1.43. The lowest BCUT2D eigenvalue weighted by Crippen LogP contribution is -2.31. The van der Waals surface area contributed by atoms with Crippen LogP contribution in [0.4, 0.5) is 5.69 Å². The lowest BCUT2D eigenvalue weighted by molar-refractivity contribution is -0.162. The van der Waals surface area contributed by atoms with Crippen molar-refractivity contribution in [3.05, 3.63) is 65.7 Å². The average Bonchev–Trinajstić information content (AvgIpc) is 2.62. The number of nitrogens with zero attached hydrogens (tertiary/aromatic N) is 1. The van der Waals surface area contributed by atoms with Gasteiger partial charge in [0.2, 0.25) is 0 Å². The summed E-state index contributed by atoms with van der Waals surface area (Å²) in [6.07, 6.45) is -2.53. The number of nitrogens with one attached hydrogen (secondary N) is 1. The molecule has 0 saturated heterocycles. The normalized spacial score (nSPS) is 12.5. The first-order valence-electron chi connectivity index (χ1n) is 7.26. The van der Waals surface area contributed by atoms with Gasteiger partial charge in [-0.25, -0.2) is 4.79 Å². The number of esters is 1. The van der Waals surface area contributed by atoms with Crippen LogP contribution in [0.15, 0.2) is 54.6 Å². The standard InChI is InChI=1S/C18H16N2O4/c1-12(17(22)20-15-9-7-13(11-19)8-10-15)24-18(23)16(21)14-5-3-2-4-6-14/h2-10,12,16,21H,1H3,(H,20,22)/t12-,16-/m1/s1. The number of nitriles is 1. The maximum Gasteiger partial charge on any atom is 0.340 e. The molecule has 2 atom stereocenters. The van der Waals surface area contributed by atoms with Crippen molar-refractivity contribution in [2.45, 2.75) is 19.1 Å². The fourth-order valence-electron chi connectivity index (χ4n) is 1.94. The van der Waals surface area contributed by atoms with E-state index in [0.717, 1.165) is 0 Å². The van der Waals surface area contributed by atoms with E-state index in [-0.39, 0.29) is 0 Å². The van der Waals surface area contributed by atoms with Crippen molar-refractivity contribution in [3.63, 3.8) is 0 Å². The number of rotatable bonds is 5. The molecule has 0 heterocycles. The predicted molar refractivity (Wildman–Crippen MR) is 86.7 cm³/mol. The van der Waals surface area contributed by atoms with E-state index in [9.17, 15) is 14.7 Å². The molecule has 0 aliphatic rings. The maximum absolute atomic E-state index is 12.0. The van der Waals surface area contributed by atoms with E-state index in [1.54, 1.807) is 54.6 Å². The van der Waals surface area contributed by atoms with Crippen molar-refractivity contribution in [1.82, 2.24) is 0 Å². The Kier molecular flexibility index (Phi) is 5.66. The third kappa shape index (κ3) is 4.41. The van der Waals surface area contributed by atoms with Gasteiger partial charge in [-0.2, -0.15) is 5.26 Å². The highest BCUT2D eigenvalue weighted by Crippen LogP contribution is 2.15. The third-order valence-electron chi connectivity index (χ3n) is 3.28. The van der Waals surface area contributed by atoms with Gasteiger partial charge in [0.05, 0.1) is 11.6 Å². The van der Waals surface area contributed by atoms with E-state index in [2.05, 4.69) is 5.32 Å². The Morgan fingerprint density at radius 2 is 1.75 bits per heavy atom. The Morgan fingerprint density at radius 1 is 1.12 bits per heavy atom. The number of hydrogen-bond donors (Lipinski definition) is 2. The predicted octanol–water partition coefficient (Wildman–Crippen LogP) is 2.16. The minimum absolute atomic E-state index is 0.391. The first-order chi connectivity index (χ1) is 11.5. The number of carbonyl (C=O) groups excluding carboxylic acids is 2. The molecule has 2 rings (SSSR count). The highest BCUT2D eigenvalue weighted by atomic mass is 16.6. The molecule has 0 aliphatic carbocycles. The molecule has 0 unspecified atom stereocenters. The lowest BCUT2D eigenvalue weighted by atomic mass is 10.1. The van der Waals surface area contributed by atoms with Crippen molar-refractivity contribution in [2.24, 2.45) is 0 Å². The van der Waals surface area contributed by atoms with Gasteiger partial charge in [0.15, 0.2) is 12.2 Å². The molecule has 122 valence electrons. The second-order valence-electron chi connectivity index (χ2n) is 5.07. The summed E-state index contributed by atoms with van der Waals surface area (Å²) in [7, 11) is 0. The molecule has 0 fully saturated rings. The summed E-state index contributed by atoms with van der Waals surface area (Å²) < 4.78 is 4.99. The molecule has 6 heteroatoms. The minimum atomic E-state index is -1.45. The zero-order chi connectivity index (χ0) is 17.5. The van der Waals surface area contributed by atoms with Crippen LogP contribution in [-0.4, -0.2) is 23.1 Å². The molecule has 0 aliphatic heterocycles. The van der Waals surface area contributed by atoms with E-state index in [0.29, 0.717) is 16.8 Å². The summed E-state index contributed by atoms with van der Waals surface area (Å²) in [6.45, 7) is 1.41. The van der Waals surface area contributed by atoms with Crippen LogP contribution in [0, 0.1) is 11.3 Å². The number of anilines is 1. The van der Waals surface area contributed by atoms with Crippen molar-refractivity contribution < 1.29 is 19.4 Å². The monoisotopic (exact) mass is 324 g/mol.